The van der Waals surface area contributed by atoms with Gasteiger partial charge in [-0.1, -0.05) is 0 Å². The SMILES string of the molecule is CNC1CCC(NC)CC1.Cl.Cl. The molecule has 1 fully saturated rings. The fourth-order valence-electron chi connectivity index (χ4n) is 1.67. The van der Waals surface area contributed by atoms with Crippen molar-refractivity contribution >= 4 is 24.8 Å². The van der Waals surface area contributed by atoms with Gasteiger partial charge in [0.05, 0.1) is 0 Å². The van der Waals surface area contributed by atoms with E-state index in [0.717, 1.165) is 12.1 Å². The number of hydrogen-bond acceptors (Lipinski definition) is 2. The van der Waals surface area contributed by atoms with Gasteiger partial charge in [0, 0.05) is 12.1 Å². The van der Waals surface area contributed by atoms with Crippen LogP contribution in [0.3, 0.4) is 0 Å². The maximum absolute atomic E-state index is 3.32. The molecule has 2 nitrogen and oxygen atoms in total. The lowest BCUT2D eigenvalue weighted by molar-refractivity contribution is 0.330. The largest absolute Gasteiger partial charge is 0.317 e. The quantitative estimate of drug-likeness (QED) is 0.730. The van der Waals surface area contributed by atoms with Crippen LogP contribution in [0.5, 0.6) is 0 Å². The first-order chi connectivity index (χ1) is 4.86. The van der Waals surface area contributed by atoms with E-state index in [2.05, 4.69) is 24.7 Å². The molecule has 2 N–H and O–H groups in total. The van der Waals surface area contributed by atoms with E-state index in [-0.39, 0.29) is 24.8 Å². The Morgan fingerprint density at radius 1 is 0.750 bits per heavy atom. The molecule has 0 spiro atoms. The third kappa shape index (κ3) is 4.51. The van der Waals surface area contributed by atoms with Crippen molar-refractivity contribution in [3.05, 3.63) is 0 Å². The van der Waals surface area contributed by atoms with Crippen LogP contribution in [0.1, 0.15) is 25.7 Å². The van der Waals surface area contributed by atoms with Crippen molar-refractivity contribution < 1.29 is 0 Å². The first-order valence-corrected chi connectivity index (χ1v) is 4.21. The Kier molecular flexibility index (Phi) is 10.1. The number of rotatable bonds is 2. The van der Waals surface area contributed by atoms with E-state index in [1.54, 1.807) is 0 Å². The zero-order chi connectivity index (χ0) is 7.40. The molecule has 0 bridgehead atoms. The Labute approximate surface area is 87.7 Å². The van der Waals surface area contributed by atoms with E-state index in [9.17, 15) is 0 Å². The maximum atomic E-state index is 3.32. The summed E-state index contributed by atoms with van der Waals surface area (Å²) in [6.07, 6.45) is 5.34. The topological polar surface area (TPSA) is 24.1 Å². The normalized spacial score (nSPS) is 28.5. The van der Waals surface area contributed by atoms with Crippen molar-refractivity contribution in [2.24, 2.45) is 0 Å². The Morgan fingerprint density at radius 3 is 1.17 bits per heavy atom. The highest BCUT2D eigenvalue weighted by Gasteiger charge is 2.17. The molecule has 0 radical (unpaired) electrons. The van der Waals surface area contributed by atoms with E-state index >= 15 is 0 Å². The van der Waals surface area contributed by atoms with Crippen molar-refractivity contribution in [2.45, 2.75) is 37.8 Å². The van der Waals surface area contributed by atoms with Crippen LogP contribution in [-0.2, 0) is 0 Å². The third-order valence-corrected chi connectivity index (χ3v) is 2.54. The van der Waals surface area contributed by atoms with Gasteiger partial charge >= 0.3 is 0 Å². The summed E-state index contributed by atoms with van der Waals surface area (Å²) in [5.74, 6) is 0. The van der Waals surface area contributed by atoms with Gasteiger partial charge in [-0.25, -0.2) is 0 Å². The second-order valence-corrected chi connectivity index (χ2v) is 3.13. The third-order valence-electron chi connectivity index (χ3n) is 2.54. The monoisotopic (exact) mass is 214 g/mol. The molecule has 0 heterocycles. The molecular weight excluding hydrogens is 195 g/mol. The second kappa shape index (κ2) is 8.11. The van der Waals surface area contributed by atoms with Gasteiger partial charge in [0.15, 0.2) is 0 Å². The van der Waals surface area contributed by atoms with E-state index < -0.39 is 0 Å². The van der Waals surface area contributed by atoms with Crippen molar-refractivity contribution in [1.29, 1.82) is 0 Å². The summed E-state index contributed by atoms with van der Waals surface area (Å²) in [6, 6.07) is 1.56. The minimum atomic E-state index is 0. The smallest absolute Gasteiger partial charge is 0.00652 e. The van der Waals surface area contributed by atoms with Crippen molar-refractivity contribution in [3.63, 3.8) is 0 Å². The summed E-state index contributed by atoms with van der Waals surface area (Å²) in [5, 5.41) is 6.64. The molecule has 1 rings (SSSR count). The molecular formula is C8H20Cl2N2. The zero-order valence-electron chi connectivity index (χ0n) is 7.80. The average molecular weight is 215 g/mol. The van der Waals surface area contributed by atoms with E-state index in [1.807, 2.05) is 0 Å². The van der Waals surface area contributed by atoms with E-state index in [0.29, 0.717) is 0 Å². The van der Waals surface area contributed by atoms with Crippen LogP contribution >= 0.6 is 24.8 Å². The van der Waals surface area contributed by atoms with Crippen LogP contribution in [-0.4, -0.2) is 26.2 Å². The van der Waals surface area contributed by atoms with Gasteiger partial charge in [0.25, 0.3) is 0 Å². The highest BCUT2D eigenvalue weighted by atomic mass is 35.5. The Bertz CT molecular complexity index is 81.1. The first-order valence-electron chi connectivity index (χ1n) is 4.21. The minimum absolute atomic E-state index is 0. The van der Waals surface area contributed by atoms with Gasteiger partial charge in [-0.05, 0) is 39.8 Å². The molecule has 0 aliphatic heterocycles. The first kappa shape index (κ1) is 15.0. The molecule has 0 atom stereocenters. The molecule has 12 heavy (non-hydrogen) atoms. The second-order valence-electron chi connectivity index (χ2n) is 3.13. The van der Waals surface area contributed by atoms with Gasteiger partial charge in [-0.15, -0.1) is 24.8 Å². The van der Waals surface area contributed by atoms with Gasteiger partial charge in [0.1, 0.15) is 0 Å². The van der Waals surface area contributed by atoms with Crippen molar-refractivity contribution in [2.75, 3.05) is 14.1 Å². The van der Waals surface area contributed by atoms with Crippen LogP contribution in [0.25, 0.3) is 0 Å². The fraction of sp³-hybridized carbons (Fsp3) is 1.00. The molecule has 1 aliphatic rings. The van der Waals surface area contributed by atoms with Gasteiger partial charge in [0.2, 0.25) is 0 Å². The number of halogens is 2. The Balaban J connectivity index is 0. The highest BCUT2D eigenvalue weighted by Crippen LogP contribution is 2.17. The van der Waals surface area contributed by atoms with Crippen LogP contribution in [0, 0.1) is 0 Å². The molecule has 0 saturated heterocycles. The fourth-order valence-corrected chi connectivity index (χ4v) is 1.67. The van der Waals surface area contributed by atoms with E-state index in [4.69, 9.17) is 0 Å². The molecule has 1 aliphatic carbocycles. The minimum Gasteiger partial charge on any atom is -0.317 e. The molecule has 0 aromatic heterocycles. The maximum Gasteiger partial charge on any atom is 0.00652 e. The van der Waals surface area contributed by atoms with Crippen molar-refractivity contribution in [3.8, 4) is 0 Å². The average Bonchev–Trinajstić information content (AvgIpc) is 2.05. The lowest BCUT2D eigenvalue weighted by atomic mass is 9.91. The molecule has 1 saturated carbocycles. The molecule has 0 aromatic rings. The van der Waals surface area contributed by atoms with Gasteiger partial charge < -0.3 is 10.6 Å². The molecule has 0 unspecified atom stereocenters. The van der Waals surface area contributed by atoms with Gasteiger partial charge in [-0.3, -0.25) is 0 Å². The van der Waals surface area contributed by atoms with Crippen LogP contribution in [0.2, 0.25) is 0 Å². The predicted molar refractivity (Wildman–Crippen MR) is 58.7 cm³/mol. The highest BCUT2D eigenvalue weighted by molar-refractivity contribution is 5.85. The van der Waals surface area contributed by atoms with Gasteiger partial charge in [-0.2, -0.15) is 0 Å². The Morgan fingerprint density at radius 2 is 1.00 bits per heavy atom. The summed E-state index contributed by atoms with van der Waals surface area (Å²) in [7, 11) is 4.12. The lowest BCUT2D eigenvalue weighted by Crippen LogP contribution is -2.37. The van der Waals surface area contributed by atoms with Crippen LogP contribution in [0.4, 0.5) is 0 Å². The molecule has 4 heteroatoms. The number of hydrogen-bond donors (Lipinski definition) is 2. The lowest BCUT2D eigenvalue weighted by Gasteiger charge is -2.27. The molecule has 76 valence electrons. The predicted octanol–water partition coefficient (Wildman–Crippen LogP) is 1.58. The number of nitrogens with one attached hydrogen (secondary N) is 2. The molecule has 0 aromatic carbocycles. The van der Waals surface area contributed by atoms with Crippen LogP contribution < -0.4 is 10.6 Å². The molecule has 0 amide bonds. The standard InChI is InChI=1S/C8H18N2.2ClH/c1-9-7-3-5-8(10-2)6-4-7;;/h7-10H,3-6H2,1-2H3;2*1H. The summed E-state index contributed by atoms with van der Waals surface area (Å²) in [4.78, 5) is 0. The zero-order valence-corrected chi connectivity index (χ0v) is 9.43. The van der Waals surface area contributed by atoms with E-state index in [1.165, 1.54) is 25.7 Å². The summed E-state index contributed by atoms with van der Waals surface area (Å²) in [6.45, 7) is 0. The Hall–Kier alpha value is 0.500. The summed E-state index contributed by atoms with van der Waals surface area (Å²) >= 11 is 0. The summed E-state index contributed by atoms with van der Waals surface area (Å²) < 4.78 is 0. The van der Waals surface area contributed by atoms with Crippen LogP contribution in [0.15, 0.2) is 0 Å². The van der Waals surface area contributed by atoms with Crippen molar-refractivity contribution in [1.82, 2.24) is 10.6 Å². The summed E-state index contributed by atoms with van der Waals surface area (Å²) in [5.41, 5.74) is 0.